The number of unbranched alkanes of at least 4 members (excludes halogenated alkanes) is 10. The fourth-order valence-corrected chi connectivity index (χ4v) is 3.09. The van der Waals surface area contributed by atoms with Crippen LogP contribution in [0.3, 0.4) is 0 Å². The SMILES string of the molecule is CCCCCCCCCCCCCC(=O)OC[C@H]1OCC(=O)[C@@H](O)[C@@H]1O. The van der Waals surface area contributed by atoms with Gasteiger partial charge < -0.3 is 19.7 Å². The highest BCUT2D eigenvalue weighted by Gasteiger charge is 2.37. The van der Waals surface area contributed by atoms with E-state index in [1.165, 1.54) is 51.4 Å². The minimum absolute atomic E-state index is 0.137. The Kier molecular flexibility index (Phi) is 12.5. The molecule has 6 nitrogen and oxygen atoms in total. The first-order chi connectivity index (χ1) is 12.6. The lowest BCUT2D eigenvalue weighted by atomic mass is 10.0. The number of aliphatic hydroxyl groups is 2. The van der Waals surface area contributed by atoms with Gasteiger partial charge in [0, 0.05) is 6.42 Å². The van der Waals surface area contributed by atoms with Crippen LogP contribution in [0.5, 0.6) is 0 Å². The molecule has 6 heteroatoms. The minimum atomic E-state index is -1.46. The largest absolute Gasteiger partial charge is 0.463 e. The molecule has 0 radical (unpaired) electrons. The molecule has 1 fully saturated rings. The number of ketones is 1. The van der Waals surface area contributed by atoms with Crippen molar-refractivity contribution in [3.8, 4) is 0 Å². The van der Waals surface area contributed by atoms with Crippen LogP contribution in [-0.2, 0) is 19.1 Å². The summed E-state index contributed by atoms with van der Waals surface area (Å²) in [6, 6.07) is 0. The second-order valence-corrected chi connectivity index (χ2v) is 7.22. The third-order valence-corrected chi connectivity index (χ3v) is 4.87. The van der Waals surface area contributed by atoms with E-state index in [1.807, 2.05) is 0 Å². The summed E-state index contributed by atoms with van der Waals surface area (Å²) in [7, 11) is 0. The van der Waals surface area contributed by atoms with Crippen molar-refractivity contribution in [2.24, 2.45) is 0 Å². The molecular formula is C20H36O6. The molecule has 1 saturated heterocycles. The Morgan fingerprint density at radius 3 is 2.12 bits per heavy atom. The Morgan fingerprint density at radius 2 is 1.54 bits per heavy atom. The maximum atomic E-state index is 11.7. The van der Waals surface area contributed by atoms with Gasteiger partial charge in [-0.2, -0.15) is 0 Å². The van der Waals surface area contributed by atoms with Gasteiger partial charge in [0.1, 0.15) is 31.5 Å². The topological polar surface area (TPSA) is 93.1 Å². The predicted molar refractivity (Wildman–Crippen MR) is 98.8 cm³/mol. The summed E-state index contributed by atoms with van der Waals surface area (Å²) in [5, 5.41) is 19.2. The van der Waals surface area contributed by atoms with E-state index >= 15 is 0 Å². The molecule has 0 aliphatic carbocycles. The standard InChI is InChI=1S/C20H36O6/c1-2-3-4-5-6-7-8-9-10-11-12-13-18(22)26-15-17-20(24)19(23)16(21)14-25-17/h17,19-20,23-24H,2-15H2,1H3/t17-,19-,20-/m1/s1. The van der Waals surface area contributed by atoms with E-state index in [0.717, 1.165) is 19.3 Å². The van der Waals surface area contributed by atoms with Crippen molar-refractivity contribution < 1.29 is 29.3 Å². The van der Waals surface area contributed by atoms with E-state index in [1.54, 1.807) is 0 Å². The summed E-state index contributed by atoms with van der Waals surface area (Å²) in [5.74, 6) is -0.885. The first kappa shape index (κ1) is 23.1. The maximum absolute atomic E-state index is 11.7. The molecule has 0 aromatic carbocycles. The van der Waals surface area contributed by atoms with Crippen LogP contribution in [-0.4, -0.2) is 53.5 Å². The fraction of sp³-hybridized carbons (Fsp3) is 0.900. The Balaban J connectivity index is 1.93. The van der Waals surface area contributed by atoms with Crippen LogP contribution in [0.1, 0.15) is 84.0 Å². The number of esters is 1. The van der Waals surface area contributed by atoms with Crippen LogP contribution in [0, 0.1) is 0 Å². The third kappa shape index (κ3) is 9.64. The van der Waals surface area contributed by atoms with Crippen molar-refractivity contribution in [2.45, 2.75) is 102 Å². The molecule has 0 aromatic rings. The van der Waals surface area contributed by atoms with Gasteiger partial charge >= 0.3 is 5.97 Å². The molecule has 1 heterocycles. The zero-order valence-corrected chi connectivity index (χ0v) is 16.2. The minimum Gasteiger partial charge on any atom is -0.463 e. The van der Waals surface area contributed by atoms with E-state index in [4.69, 9.17) is 9.47 Å². The predicted octanol–water partition coefficient (Wildman–Crippen LogP) is 2.92. The van der Waals surface area contributed by atoms with Crippen molar-refractivity contribution in [3.05, 3.63) is 0 Å². The van der Waals surface area contributed by atoms with Gasteiger partial charge in [0.2, 0.25) is 0 Å². The van der Waals surface area contributed by atoms with Crippen LogP contribution in [0.25, 0.3) is 0 Å². The van der Waals surface area contributed by atoms with Crippen LogP contribution < -0.4 is 0 Å². The highest BCUT2D eigenvalue weighted by atomic mass is 16.6. The Bertz CT molecular complexity index is 398. The van der Waals surface area contributed by atoms with E-state index in [2.05, 4.69) is 6.92 Å². The van der Waals surface area contributed by atoms with Crippen molar-refractivity contribution in [2.75, 3.05) is 13.2 Å². The van der Waals surface area contributed by atoms with Gasteiger partial charge in [-0.25, -0.2) is 0 Å². The maximum Gasteiger partial charge on any atom is 0.305 e. The van der Waals surface area contributed by atoms with Crippen LogP contribution in [0.2, 0.25) is 0 Å². The zero-order valence-electron chi connectivity index (χ0n) is 16.2. The van der Waals surface area contributed by atoms with Crippen molar-refractivity contribution in [1.82, 2.24) is 0 Å². The molecule has 26 heavy (non-hydrogen) atoms. The number of carbonyl (C=O) groups is 2. The van der Waals surface area contributed by atoms with Gasteiger partial charge in [-0.15, -0.1) is 0 Å². The molecule has 1 aliphatic rings. The van der Waals surface area contributed by atoms with E-state index in [0.29, 0.717) is 6.42 Å². The van der Waals surface area contributed by atoms with E-state index in [-0.39, 0.29) is 19.2 Å². The van der Waals surface area contributed by atoms with Gasteiger partial charge in [-0.3, -0.25) is 9.59 Å². The van der Waals surface area contributed by atoms with Gasteiger partial charge in [0.15, 0.2) is 5.78 Å². The van der Waals surface area contributed by atoms with Crippen LogP contribution >= 0.6 is 0 Å². The van der Waals surface area contributed by atoms with Gasteiger partial charge in [0.05, 0.1) is 0 Å². The molecule has 0 saturated carbocycles. The van der Waals surface area contributed by atoms with Crippen molar-refractivity contribution >= 4 is 11.8 Å². The van der Waals surface area contributed by atoms with Crippen LogP contribution in [0.15, 0.2) is 0 Å². The first-order valence-electron chi connectivity index (χ1n) is 10.2. The highest BCUT2D eigenvalue weighted by Crippen LogP contribution is 2.14. The molecule has 1 aliphatic heterocycles. The molecule has 0 spiro atoms. The number of aliphatic hydroxyl groups excluding tert-OH is 2. The molecule has 3 atom stereocenters. The lowest BCUT2D eigenvalue weighted by Crippen LogP contribution is -2.52. The molecule has 0 amide bonds. The first-order valence-corrected chi connectivity index (χ1v) is 10.2. The zero-order chi connectivity index (χ0) is 19.2. The monoisotopic (exact) mass is 372 g/mol. The second kappa shape index (κ2) is 14.1. The fourth-order valence-electron chi connectivity index (χ4n) is 3.09. The Morgan fingerprint density at radius 1 is 1.00 bits per heavy atom. The number of carbonyl (C=O) groups excluding carboxylic acids is 2. The average molecular weight is 373 g/mol. The molecular weight excluding hydrogens is 336 g/mol. The summed E-state index contributed by atoms with van der Waals surface area (Å²) in [4.78, 5) is 22.9. The molecule has 0 aromatic heterocycles. The molecule has 0 unspecified atom stereocenters. The third-order valence-electron chi connectivity index (χ3n) is 4.87. The summed E-state index contributed by atoms with van der Waals surface area (Å²) in [5.41, 5.74) is 0. The number of Topliss-reactive ketones (excluding diaryl/α,β-unsaturated/α-hetero) is 1. The quantitative estimate of drug-likeness (QED) is 0.360. The Hall–Kier alpha value is -0.980. The highest BCUT2D eigenvalue weighted by molar-refractivity contribution is 5.85. The number of hydrogen-bond donors (Lipinski definition) is 2. The summed E-state index contributed by atoms with van der Waals surface area (Å²) in [6.07, 6.45) is 10.1. The summed E-state index contributed by atoms with van der Waals surface area (Å²) < 4.78 is 10.2. The number of rotatable bonds is 14. The van der Waals surface area contributed by atoms with Crippen molar-refractivity contribution in [3.63, 3.8) is 0 Å². The lowest BCUT2D eigenvalue weighted by molar-refractivity contribution is -0.177. The normalized spacial score (nSPS) is 23.2. The number of ether oxygens (including phenoxy) is 2. The molecule has 1 rings (SSSR count). The van der Waals surface area contributed by atoms with Crippen LogP contribution in [0.4, 0.5) is 0 Å². The Labute approximate surface area is 157 Å². The van der Waals surface area contributed by atoms with Crippen molar-refractivity contribution in [1.29, 1.82) is 0 Å². The van der Waals surface area contributed by atoms with E-state index < -0.39 is 24.1 Å². The lowest BCUT2D eigenvalue weighted by Gasteiger charge is -2.30. The second-order valence-electron chi connectivity index (χ2n) is 7.22. The van der Waals surface area contributed by atoms with Gasteiger partial charge in [-0.1, -0.05) is 71.1 Å². The molecule has 152 valence electrons. The summed E-state index contributed by atoms with van der Waals surface area (Å²) >= 11 is 0. The van der Waals surface area contributed by atoms with Gasteiger partial charge in [-0.05, 0) is 6.42 Å². The smallest absolute Gasteiger partial charge is 0.305 e. The van der Waals surface area contributed by atoms with E-state index in [9.17, 15) is 19.8 Å². The average Bonchev–Trinajstić information content (AvgIpc) is 2.63. The number of hydrogen-bond acceptors (Lipinski definition) is 6. The molecule has 2 N–H and O–H groups in total. The molecule has 0 bridgehead atoms. The van der Waals surface area contributed by atoms with Gasteiger partial charge in [0.25, 0.3) is 0 Å². The summed E-state index contributed by atoms with van der Waals surface area (Å²) in [6.45, 7) is 1.83.